The van der Waals surface area contributed by atoms with Crippen molar-refractivity contribution < 1.29 is 9.59 Å². The van der Waals surface area contributed by atoms with Crippen LogP contribution >= 0.6 is 0 Å². The van der Waals surface area contributed by atoms with Crippen LogP contribution in [-0.4, -0.2) is 46.1 Å². The topological polar surface area (TPSA) is 67.2 Å². The SMILES string of the molecule is Cc1nn(-c2ccccc2)c(C)c1CCC(=O)N1CCNC(=O)C1. The van der Waals surface area contributed by atoms with Gasteiger partial charge in [-0.2, -0.15) is 5.10 Å². The average molecular weight is 326 g/mol. The molecule has 1 aromatic heterocycles. The first kappa shape index (κ1) is 16.2. The highest BCUT2D eigenvalue weighted by atomic mass is 16.2. The summed E-state index contributed by atoms with van der Waals surface area (Å²) < 4.78 is 1.92. The van der Waals surface area contributed by atoms with Crippen molar-refractivity contribution in [2.75, 3.05) is 19.6 Å². The van der Waals surface area contributed by atoms with E-state index < -0.39 is 0 Å². The third-order valence-electron chi connectivity index (χ3n) is 4.42. The van der Waals surface area contributed by atoms with Crippen LogP contribution in [0.3, 0.4) is 0 Å². The first-order valence-corrected chi connectivity index (χ1v) is 8.21. The van der Waals surface area contributed by atoms with Crippen molar-refractivity contribution in [2.24, 2.45) is 0 Å². The van der Waals surface area contributed by atoms with Gasteiger partial charge in [-0.1, -0.05) is 18.2 Å². The molecule has 0 atom stereocenters. The highest BCUT2D eigenvalue weighted by Crippen LogP contribution is 2.19. The predicted molar refractivity (Wildman–Crippen MR) is 90.9 cm³/mol. The van der Waals surface area contributed by atoms with Gasteiger partial charge in [0.05, 0.1) is 17.9 Å². The van der Waals surface area contributed by atoms with Crippen molar-refractivity contribution in [3.8, 4) is 5.69 Å². The van der Waals surface area contributed by atoms with E-state index in [4.69, 9.17) is 0 Å². The number of aryl methyl sites for hydroxylation is 1. The highest BCUT2D eigenvalue weighted by molar-refractivity contribution is 5.86. The zero-order valence-corrected chi connectivity index (χ0v) is 14.1. The Hall–Kier alpha value is -2.63. The fraction of sp³-hybridized carbons (Fsp3) is 0.389. The Kier molecular flexibility index (Phi) is 4.64. The number of para-hydroxylation sites is 1. The van der Waals surface area contributed by atoms with Crippen molar-refractivity contribution in [1.82, 2.24) is 20.0 Å². The van der Waals surface area contributed by atoms with Gasteiger partial charge in [0.25, 0.3) is 0 Å². The zero-order valence-electron chi connectivity index (χ0n) is 14.1. The average Bonchev–Trinajstić information content (AvgIpc) is 2.88. The predicted octanol–water partition coefficient (Wildman–Crippen LogP) is 1.38. The second kappa shape index (κ2) is 6.86. The third-order valence-corrected chi connectivity index (χ3v) is 4.42. The Morgan fingerprint density at radius 3 is 2.71 bits per heavy atom. The van der Waals surface area contributed by atoms with Gasteiger partial charge < -0.3 is 10.2 Å². The fourth-order valence-corrected chi connectivity index (χ4v) is 3.10. The Balaban J connectivity index is 1.71. The van der Waals surface area contributed by atoms with Gasteiger partial charge in [0.1, 0.15) is 0 Å². The van der Waals surface area contributed by atoms with E-state index in [1.165, 1.54) is 0 Å². The van der Waals surface area contributed by atoms with Gasteiger partial charge in [0.2, 0.25) is 11.8 Å². The molecule has 1 saturated heterocycles. The van der Waals surface area contributed by atoms with Crippen molar-refractivity contribution in [1.29, 1.82) is 0 Å². The number of benzene rings is 1. The molecule has 2 heterocycles. The summed E-state index contributed by atoms with van der Waals surface area (Å²) in [5, 5.41) is 7.34. The molecule has 0 aliphatic carbocycles. The molecule has 3 rings (SSSR count). The van der Waals surface area contributed by atoms with Gasteiger partial charge in [-0.15, -0.1) is 0 Å². The van der Waals surface area contributed by atoms with E-state index in [0.717, 1.165) is 22.6 Å². The first-order chi connectivity index (χ1) is 11.6. The normalized spacial score (nSPS) is 14.6. The second-order valence-corrected chi connectivity index (χ2v) is 6.06. The van der Waals surface area contributed by atoms with E-state index in [9.17, 15) is 9.59 Å². The molecule has 6 nitrogen and oxygen atoms in total. The summed E-state index contributed by atoms with van der Waals surface area (Å²) in [4.78, 5) is 25.4. The molecule has 6 heteroatoms. The summed E-state index contributed by atoms with van der Waals surface area (Å²) in [6, 6.07) is 9.97. The van der Waals surface area contributed by atoms with Crippen LogP contribution in [0.1, 0.15) is 23.4 Å². The molecule has 0 radical (unpaired) electrons. The Morgan fingerprint density at radius 2 is 2.00 bits per heavy atom. The van der Waals surface area contributed by atoms with Crippen LogP contribution in [0.2, 0.25) is 0 Å². The van der Waals surface area contributed by atoms with Gasteiger partial charge in [0, 0.05) is 25.2 Å². The van der Waals surface area contributed by atoms with Gasteiger partial charge >= 0.3 is 0 Å². The molecule has 2 amide bonds. The number of amides is 2. The molecule has 126 valence electrons. The number of nitrogens with zero attached hydrogens (tertiary/aromatic N) is 3. The highest BCUT2D eigenvalue weighted by Gasteiger charge is 2.22. The summed E-state index contributed by atoms with van der Waals surface area (Å²) in [6.45, 7) is 5.29. The van der Waals surface area contributed by atoms with Gasteiger partial charge in [-0.05, 0) is 38.0 Å². The van der Waals surface area contributed by atoms with E-state index in [0.29, 0.717) is 25.9 Å². The zero-order chi connectivity index (χ0) is 17.1. The number of hydrogen-bond acceptors (Lipinski definition) is 3. The number of carbonyl (C=O) groups excluding carboxylic acids is 2. The van der Waals surface area contributed by atoms with Crippen molar-refractivity contribution in [3.63, 3.8) is 0 Å². The minimum absolute atomic E-state index is 0.0242. The third kappa shape index (κ3) is 3.32. The molecule has 0 spiro atoms. The maximum atomic E-state index is 12.3. The molecule has 1 N–H and O–H groups in total. The molecule has 0 unspecified atom stereocenters. The van der Waals surface area contributed by atoms with E-state index in [2.05, 4.69) is 10.4 Å². The van der Waals surface area contributed by atoms with Crippen LogP contribution in [0.15, 0.2) is 30.3 Å². The molecule has 0 bridgehead atoms. The minimum atomic E-state index is -0.0844. The van der Waals surface area contributed by atoms with Crippen molar-refractivity contribution in [3.05, 3.63) is 47.3 Å². The Labute approximate surface area is 141 Å². The molecule has 24 heavy (non-hydrogen) atoms. The van der Waals surface area contributed by atoms with E-state index >= 15 is 0 Å². The van der Waals surface area contributed by atoms with Crippen LogP contribution in [-0.2, 0) is 16.0 Å². The number of carbonyl (C=O) groups is 2. The summed E-state index contributed by atoms with van der Waals surface area (Å²) in [5.74, 6) is -0.0602. The Bertz CT molecular complexity index is 752. The summed E-state index contributed by atoms with van der Waals surface area (Å²) in [6.07, 6.45) is 1.04. The van der Waals surface area contributed by atoms with E-state index in [-0.39, 0.29) is 18.4 Å². The maximum Gasteiger partial charge on any atom is 0.239 e. The largest absolute Gasteiger partial charge is 0.353 e. The van der Waals surface area contributed by atoms with Crippen LogP contribution in [0, 0.1) is 13.8 Å². The molecule has 0 saturated carbocycles. The first-order valence-electron chi connectivity index (χ1n) is 8.21. The number of piperazine rings is 1. The number of rotatable bonds is 4. The standard InChI is InChI=1S/C18H22N4O2/c1-13-16(8-9-18(24)21-11-10-19-17(23)12-21)14(2)22(20-13)15-6-4-3-5-7-15/h3-7H,8-12H2,1-2H3,(H,19,23). The quantitative estimate of drug-likeness (QED) is 0.923. The van der Waals surface area contributed by atoms with Crippen molar-refractivity contribution in [2.45, 2.75) is 26.7 Å². The molecular weight excluding hydrogens is 304 g/mol. The van der Waals surface area contributed by atoms with Gasteiger partial charge in [-0.3, -0.25) is 9.59 Å². The fourth-order valence-electron chi connectivity index (χ4n) is 3.10. The lowest BCUT2D eigenvalue weighted by molar-refractivity contribution is -0.138. The van der Waals surface area contributed by atoms with Gasteiger partial charge in [-0.25, -0.2) is 4.68 Å². The lowest BCUT2D eigenvalue weighted by Gasteiger charge is -2.26. The van der Waals surface area contributed by atoms with Crippen LogP contribution in [0.4, 0.5) is 0 Å². The lowest BCUT2D eigenvalue weighted by Crippen LogP contribution is -2.50. The summed E-state index contributed by atoms with van der Waals surface area (Å²) >= 11 is 0. The molecule has 1 fully saturated rings. The maximum absolute atomic E-state index is 12.3. The van der Waals surface area contributed by atoms with E-state index in [1.54, 1.807) is 4.90 Å². The minimum Gasteiger partial charge on any atom is -0.353 e. The van der Waals surface area contributed by atoms with Gasteiger partial charge in [0.15, 0.2) is 0 Å². The molecule has 1 aliphatic heterocycles. The molecule has 1 aliphatic rings. The van der Waals surface area contributed by atoms with Crippen molar-refractivity contribution >= 4 is 11.8 Å². The van der Waals surface area contributed by atoms with E-state index in [1.807, 2.05) is 48.9 Å². The summed E-state index contributed by atoms with van der Waals surface area (Å²) in [5.41, 5.74) is 4.13. The summed E-state index contributed by atoms with van der Waals surface area (Å²) in [7, 11) is 0. The molecule has 1 aromatic carbocycles. The number of aromatic nitrogens is 2. The Morgan fingerprint density at radius 1 is 1.25 bits per heavy atom. The number of hydrogen-bond donors (Lipinski definition) is 1. The number of nitrogens with one attached hydrogen (secondary N) is 1. The smallest absolute Gasteiger partial charge is 0.239 e. The van der Waals surface area contributed by atoms with Crippen LogP contribution in [0.5, 0.6) is 0 Å². The lowest BCUT2D eigenvalue weighted by atomic mass is 10.1. The monoisotopic (exact) mass is 326 g/mol. The van der Waals surface area contributed by atoms with Crippen LogP contribution < -0.4 is 5.32 Å². The van der Waals surface area contributed by atoms with Crippen LogP contribution in [0.25, 0.3) is 5.69 Å². The molecule has 2 aromatic rings. The second-order valence-electron chi connectivity index (χ2n) is 6.06. The molecular formula is C18H22N4O2.